The first-order valence-electron chi connectivity index (χ1n) is 6.07. The van der Waals surface area contributed by atoms with Crippen LogP contribution in [0.5, 0.6) is 0 Å². The van der Waals surface area contributed by atoms with Gasteiger partial charge in [-0.1, -0.05) is 0 Å². The molecule has 0 spiro atoms. The van der Waals surface area contributed by atoms with Crippen molar-refractivity contribution in [2.24, 2.45) is 5.92 Å². The second-order valence-corrected chi connectivity index (χ2v) is 4.71. The lowest BCUT2D eigenvalue weighted by Gasteiger charge is -2.31. The summed E-state index contributed by atoms with van der Waals surface area (Å²) in [4.78, 5) is 1.98. The Labute approximate surface area is 102 Å². The molecule has 5 nitrogen and oxygen atoms in total. The van der Waals surface area contributed by atoms with E-state index in [1.54, 1.807) is 0 Å². The van der Waals surface area contributed by atoms with Crippen LogP contribution in [0.3, 0.4) is 0 Å². The topological polar surface area (TPSA) is 48.0 Å². The molecule has 1 aliphatic carbocycles. The van der Waals surface area contributed by atoms with E-state index < -0.39 is 0 Å². The Kier molecular flexibility index (Phi) is 3.78. The maximum Gasteiger partial charge on any atom is 0.163 e. The van der Waals surface area contributed by atoms with E-state index in [-0.39, 0.29) is 6.61 Å². The predicted octanol–water partition coefficient (Wildman–Crippen LogP) is 0.470. The number of hydrogen-bond acceptors (Lipinski definition) is 5. The van der Waals surface area contributed by atoms with Gasteiger partial charge in [-0.25, -0.2) is 0 Å². The molecule has 96 valence electrons. The summed E-state index contributed by atoms with van der Waals surface area (Å²) < 4.78 is 5.81. The zero-order valence-corrected chi connectivity index (χ0v) is 10.5. The predicted molar refractivity (Wildman–Crippen MR) is 65.5 cm³/mol. The van der Waals surface area contributed by atoms with Crippen LogP contribution in [0.2, 0.25) is 0 Å². The van der Waals surface area contributed by atoms with Crippen LogP contribution in [0.15, 0.2) is 23.9 Å². The lowest BCUT2D eigenvalue weighted by atomic mass is 10.3. The van der Waals surface area contributed by atoms with Crippen LogP contribution in [0.25, 0.3) is 0 Å². The van der Waals surface area contributed by atoms with Gasteiger partial charge in [-0.2, -0.15) is 0 Å². The van der Waals surface area contributed by atoms with Gasteiger partial charge in [0.1, 0.15) is 0 Å². The van der Waals surface area contributed by atoms with E-state index in [4.69, 9.17) is 9.84 Å². The molecule has 0 unspecified atom stereocenters. The molecule has 2 N–H and O–H groups in total. The summed E-state index contributed by atoms with van der Waals surface area (Å²) in [6.45, 7) is 1.48. The Balaban J connectivity index is 1.98. The maximum atomic E-state index is 8.92. The molecule has 0 bridgehead atoms. The van der Waals surface area contributed by atoms with Crippen molar-refractivity contribution < 1.29 is 9.84 Å². The number of hydrogen-bond donors (Lipinski definition) is 2. The molecule has 5 heteroatoms. The first-order valence-corrected chi connectivity index (χ1v) is 6.07. The van der Waals surface area contributed by atoms with Crippen LogP contribution in [-0.4, -0.2) is 48.9 Å². The molecular formula is C12H21N3O2. The van der Waals surface area contributed by atoms with E-state index in [0.717, 1.165) is 24.1 Å². The van der Waals surface area contributed by atoms with Crippen molar-refractivity contribution in [1.29, 1.82) is 0 Å². The number of β-amino-alcohol motifs (C(OH)–C–C–N with tert-alkyl or cyclic N) is 1. The highest BCUT2D eigenvalue weighted by molar-refractivity contribution is 5.21. The summed E-state index contributed by atoms with van der Waals surface area (Å²) in [5.74, 6) is 2.55. The molecule has 0 amide bonds. The summed E-state index contributed by atoms with van der Waals surface area (Å²) in [6.07, 6.45) is 6.42. The largest absolute Gasteiger partial charge is 0.489 e. The molecular weight excluding hydrogens is 218 g/mol. The van der Waals surface area contributed by atoms with Crippen LogP contribution in [0.1, 0.15) is 12.8 Å². The van der Waals surface area contributed by atoms with Gasteiger partial charge in [0.05, 0.1) is 19.8 Å². The molecule has 1 heterocycles. The number of ether oxygens (including phenoxy) is 1. The SMILES string of the molecule is CN(C)C1=C(OCC2CC2)C=CN(CCO)N1. The highest BCUT2D eigenvalue weighted by Gasteiger charge is 2.23. The summed E-state index contributed by atoms with van der Waals surface area (Å²) in [5, 5.41) is 10.8. The molecule has 0 atom stereocenters. The van der Waals surface area contributed by atoms with E-state index in [9.17, 15) is 0 Å². The van der Waals surface area contributed by atoms with Gasteiger partial charge in [0, 0.05) is 26.4 Å². The van der Waals surface area contributed by atoms with E-state index in [0.29, 0.717) is 6.54 Å². The molecule has 0 aromatic heterocycles. The third-order valence-corrected chi connectivity index (χ3v) is 2.85. The summed E-state index contributed by atoms with van der Waals surface area (Å²) >= 11 is 0. The average Bonchev–Trinajstić information content (AvgIpc) is 3.11. The van der Waals surface area contributed by atoms with E-state index >= 15 is 0 Å². The molecule has 2 aliphatic rings. The minimum Gasteiger partial charge on any atom is -0.489 e. The number of allylic oxidation sites excluding steroid dienone is 1. The Morgan fingerprint density at radius 3 is 2.88 bits per heavy atom. The monoisotopic (exact) mass is 239 g/mol. The standard InChI is InChI=1S/C12H21N3O2/c1-14(2)12-11(17-9-10-3-4-10)5-6-15(13-12)7-8-16/h5-6,10,13,16H,3-4,7-9H2,1-2H3. The maximum absolute atomic E-state index is 8.92. The number of rotatable bonds is 6. The van der Waals surface area contributed by atoms with Gasteiger partial charge in [-0.15, -0.1) is 0 Å². The number of nitrogens with zero attached hydrogens (tertiary/aromatic N) is 2. The van der Waals surface area contributed by atoms with Crippen molar-refractivity contribution >= 4 is 0 Å². The Bertz CT molecular complexity index is 322. The second kappa shape index (κ2) is 5.31. The molecule has 0 radical (unpaired) electrons. The normalized spacial score (nSPS) is 19.4. The molecule has 2 rings (SSSR count). The number of nitrogens with one attached hydrogen (secondary N) is 1. The summed E-state index contributed by atoms with van der Waals surface area (Å²) in [5.41, 5.74) is 3.22. The van der Waals surface area contributed by atoms with Crippen molar-refractivity contribution in [2.75, 3.05) is 33.9 Å². The van der Waals surface area contributed by atoms with Crippen LogP contribution in [0.4, 0.5) is 0 Å². The molecule has 1 aliphatic heterocycles. The van der Waals surface area contributed by atoms with Gasteiger partial charge >= 0.3 is 0 Å². The van der Waals surface area contributed by atoms with Crippen LogP contribution in [-0.2, 0) is 4.74 Å². The minimum atomic E-state index is 0.121. The van der Waals surface area contributed by atoms with Gasteiger partial charge in [-0.05, 0) is 18.8 Å². The lowest BCUT2D eigenvalue weighted by Crippen LogP contribution is -2.42. The summed E-state index contributed by atoms with van der Waals surface area (Å²) in [7, 11) is 3.94. The van der Waals surface area contributed by atoms with Gasteiger partial charge in [0.15, 0.2) is 11.6 Å². The van der Waals surface area contributed by atoms with Gasteiger partial charge in [0.25, 0.3) is 0 Å². The van der Waals surface area contributed by atoms with E-state index in [1.165, 1.54) is 12.8 Å². The number of hydrazine groups is 1. The van der Waals surface area contributed by atoms with Crippen molar-refractivity contribution in [2.45, 2.75) is 12.8 Å². The molecule has 0 saturated heterocycles. The first-order chi connectivity index (χ1) is 8.20. The second-order valence-electron chi connectivity index (χ2n) is 4.71. The average molecular weight is 239 g/mol. The third kappa shape index (κ3) is 3.30. The fraction of sp³-hybridized carbons (Fsp3) is 0.667. The quantitative estimate of drug-likeness (QED) is 0.705. The highest BCUT2D eigenvalue weighted by Crippen LogP contribution is 2.30. The molecule has 1 saturated carbocycles. The van der Waals surface area contributed by atoms with Crippen molar-refractivity contribution in [3.63, 3.8) is 0 Å². The van der Waals surface area contributed by atoms with Crippen LogP contribution >= 0.6 is 0 Å². The Hall–Kier alpha value is -1.36. The highest BCUT2D eigenvalue weighted by atomic mass is 16.5. The zero-order chi connectivity index (χ0) is 12.3. The molecule has 1 fully saturated rings. The number of aliphatic hydroxyl groups excluding tert-OH is 1. The Morgan fingerprint density at radius 1 is 1.53 bits per heavy atom. The van der Waals surface area contributed by atoms with E-state index in [2.05, 4.69) is 5.43 Å². The zero-order valence-electron chi connectivity index (χ0n) is 10.5. The van der Waals surface area contributed by atoms with Crippen LogP contribution < -0.4 is 5.43 Å². The fourth-order valence-electron chi connectivity index (χ4n) is 1.63. The molecule has 0 aromatic carbocycles. The minimum absolute atomic E-state index is 0.121. The third-order valence-electron chi connectivity index (χ3n) is 2.85. The number of aliphatic hydroxyl groups is 1. The van der Waals surface area contributed by atoms with Crippen LogP contribution in [0, 0.1) is 5.92 Å². The van der Waals surface area contributed by atoms with Crippen molar-refractivity contribution in [3.05, 3.63) is 23.9 Å². The fourth-order valence-corrected chi connectivity index (χ4v) is 1.63. The molecule has 17 heavy (non-hydrogen) atoms. The van der Waals surface area contributed by atoms with Gasteiger partial charge in [-0.3, -0.25) is 10.4 Å². The lowest BCUT2D eigenvalue weighted by molar-refractivity contribution is 0.154. The van der Waals surface area contributed by atoms with E-state index in [1.807, 2.05) is 36.3 Å². The van der Waals surface area contributed by atoms with Crippen molar-refractivity contribution in [1.82, 2.24) is 15.3 Å². The van der Waals surface area contributed by atoms with Gasteiger partial charge in [0.2, 0.25) is 0 Å². The van der Waals surface area contributed by atoms with Crippen molar-refractivity contribution in [3.8, 4) is 0 Å². The summed E-state index contributed by atoms with van der Waals surface area (Å²) in [6, 6.07) is 0. The van der Waals surface area contributed by atoms with Gasteiger partial charge < -0.3 is 14.7 Å². The molecule has 0 aromatic rings. The first kappa shape index (κ1) is 12.1. The Morgan fingerprint density at radius 2 is 2.29 bits per heavy atom. The smallest absolute Gasteiger partial charge is 0.163 e.